The summed E-state index contributed by atoms with van der Waals surface area (Å²) >= 11 is 1.18. The molecule has 24 heteroatoms. The first-order valence-corrected chi connectivity index (χ1v) is 24.2. The van der Waals surface area contributed by atoms with Gasteiger partial charge in [0.2, 0.25) is 59.1 Å². The molecule has 23 nitrogen and oxygen atoms in total. The van der Waals surface area contributed by atoms with E-state index in [9.17, 15) is 57.8 Å². The number of likely N-dealkylation sites (tertiary alicyclic amines) is 1. The summed E-state index contributed by atoms with van der Waals surface area (Å²) in [7, 11) is 1.49. The molecule has 2 fully saturated rings. The predicted octanol–water partition coefficient (Wildman–Crippen LogP) is -1.90. The van der Waals surface area contributed by atoms with Crippen LogP contribution in [0.2, 0.25) is 0 Å². The van der Waals surface area contributed by atoms with Crippen LogP contribution in [0, 0.1) is 11.8 Å². The van der Waals surface area contributed by atoms with Gasteiger partial charge in [-0.2, -0.15) is 11.8 Å². The Bertz CT molecular complexity index is 2020. The van der Waals surface area contributed by atoms with Crippen molar-refractivity contribution in [2.45, 2.75) is 134 Å². The third kappa shape index (κ3) is 18.9. The van der Waals surface area contributed by atoms with Crippen LogP contribution >= 0.6 is 11.8 Å². The number of ether oxygens (including phenoxy) is 1. The van der Waals surface area contributed by atoms with Crippen molar-refractivity contribution in [3.63, 3.8) is 0 Å². The van der Waals surface area contributed by atoms with E-state index in [0.717, 1.165) is 0 Å². The number of primary amides is 2. The topological polar surface area (TPSA) is 357 Å². The normalized spacial score (nSPS) is 23.3. The number of nitrogens with zero attached hydrogens (tertiary/aromatic N) is 1. The van der Waals surface area contributed by atoms with Gasteiger partial charge in [0.1, 0.15) is 48.0 Å². The highest BCUT2D eigenvalue weighted by Gasteiger charge is 2.40. The van der Waals surface area contributed by atoms with E-state index in [2.05, 4.69) is 37.2 Å². The summed E-state index contributed by atoms with van der Waals surface area (Å²) in [5, 5.41) is 28.0. The Morgan fingerprint density at radius 2 is 1.54 bits per heavy atom. The number of nitrogens with one attached hydrogen (secondary N) is 7. The molecule has 0 bridgehead atoms. The molecule has 2 heterocycles. The van der Waals surface area contributed by atoms with Crippen LogP contribution in [0.3, 0.4) is 0 Å². The SMILES string of the molecule is CC[C@H](C)[C@@H]1NC(=O)[C@H](Cc2ccc(OC)cc2)NC(=O)CCCSC[C@@H](C(=O)N2CCC[C@H]2C(=O)N[C@@H](CC(C)C)C(=O)NCC(N)=O)NC(=O)CC(C(=O)O)NC(=O)[C@H](CCC(N)=O)NC1=O. The van der Waals surface area contributed by atoms with Crippen molar-refractivity contribution in [1.29, 1.82) is 0 Å². The number of aliphatic carboxylic acids is 1. The smallest absolute Gasteiger partial charge is 0.326 e. The van der Waals surface area contributed by atoms with Crippen molar-refractivity contribution in [2.24, 2.45) is 23.3 Å². The van der Waals surface area contributed by atoms with E-state index in [4.69, 9.17) is 16.2 Å². The Kier molecular flexibility index (Phi) is 23.2. The molecule has 0 spiro atoms. The Hall–Kier alpha value is -6.46. The first kappa shape index (κ1) is 56.9. The summed E-state index contributed by atoms with van der Waals surface area (Å²) in [6.07, 6.45) is -0.398. The van der Waals surface area contributed by atoms with E-state index < -0.39 is 139 Å². The number of thioether (sulfide) groups is 1. The number of carboxylic acid groups (broad SMARTS) is 1. The molecule has 0 radical (unpaired) electrons. The monoisotopic (exact) mass is 988 g/mol. The average molecular weight is 989 g/mol. The molecule has 8 atom stereocenters. The van der Waals surface area contributed by atoms with Crippen LogP contribution in [0.4, 0.5) is 0 Å². The first-order chi connectivity index (χ1) is 32.6. The summed E-state index contributed by atoms with van der Waals surface area (Å²) in [6, 6.07) is -2.68. The van der Waals surface area contributed by atoms with E-state index in [-0.39, 0.29) is 56.1 Å². The number of amides is 10. The highest BCUT2D eigenvalue weighted by atomic mass is 32.2. The van der Waals surface area contributed by atoms with Gasteiger partial charge < -0.3 is 63.4 Å². The highest BCUT2D eigenvalue weighted by Crippen LogP contribution is 2.22. The molecule has 382 valence electrons. The van der Waals surface area contributed by atoms with Crippen LogP contribution in [-0.4, -0.2) is 149 Å². The van der Waals surface area contributed by atoms with E-state index in [1.165, 1.54) is 23.8 Å². The average Bonchev–Trinajstić information content (AvgIpc) is 3.79. The Morgan fingerprint density at radius 1 is 0.855 bits per heavy atom. The maximum absolute atomic E-state index is 14.3. The molecular formula is C45H68N10O13S. The number of hydrogen-bond donors (Lipinski definition) is 10. The quantitative estimate of drug-likeness (QED) is 0.0816. The molecule has 2 aliphatic heterocycles. The molecule has 2 saturated heterocycles. The van der Waals surface area contributed by atoms with Gasteiger partial charge in [-0.15, -0.1) is 0 Å². The molecule has 0 saturated carbocycles. The summed E-state index contributed by atoms with van der Waals surface area (Å²) in [4.78, 5) is 147. The lowest BCUT2D eigenvalue weighted by molar-refractivity contribution is -0.145. The maximum Gasteiger partial charge on any atom is 0.326 e. The first-order valence-electron chi connectivity index (χ1n) is 23.0. The van der Waals surface area contributed by atoms with Crippen molar-refractivity contribution >= 4 is 76.8 Å². The lowest BCUT2D eigenvalue weighted by atomic mass is 9.96. The standard InChI is InChI=1S/C45H68N10O13S/c1-6-25(4)38-43(64)51-28(15-16-34(46)56)40(61)53-31(45(66)67)21-37(59)50-32(23-69-18-8-10-36(58)49-30(41(62)54-38)20-26-11-13-27(68-5)14-12-26)44(65)55-17-7-9-33(55)42(63)52-29(19-24(2)3)39(60)48-22-35(47)57/h11-14,24-25,28-33,38H,6-10,15-23H2,1-5H3,(H2,46,56)(H2,47,57)(H,48,60)(H,49,58)(H,50,59)(H,51,64)(H,52,63)(H,53,61)(H,54,62)(H,66,67)/t25-,28-,29-,30-,31?,32-,33-,38-/m0/s1. The number of rotatable bonds is 17. The van der Waals surface area contributed by atoms with Gasteiger partial charge in [-0.05, 0) is 67.4 Å². The molecule has 1 aromatic carbocycles. The third-order valence-electron chi connectivity index (χ3n) is 11.6. The molecule has 0 aromatic heterocycles. The number of hydrogen-bond acceptors (Lipinski definition) is 13. The van der Waals surface area contributed by atoms with Gasteiger partial charge in [0.05, 0.1) is 20.1 Å². The molecule has 69 heavy (non-hydrogen) atoms. The third-order valence-corrected chi connectivity index (χ3v) is 12.7. The van der Waals surface area contributed by atoms with Crippen molar-refractivity contribution in [2.75, 3.05) is 31.7 Å². The van der Waals surface area contributed by atoms with Crippen LogP contribution in [0.1, 0.15) is 91.0 Å². The second kappa shape index (κ2) is 28.1. The summed E-state index contributed by atoms with van der Waals surface area (Å²) in [5.74, 6) is -9.33. The molecule has 12 N–H and O–H groups in total. The fourth-order valence-corrected chi connectivity index (χ4v) is 8.62. The van der Waals surface area contributed by atoms with E-state index >= 15 is 0 Å². The highest BCUT2D eigenvalue weighted by molar-refractivity contribution is 7.99. The molecule has 2 aliphatic rings. The van der Waals surface area contributed by atoms with Crippen LogP contribution in [-0.2, 0) is 59.2 Å². The predicted molar refractivity (Wildman–Crippen MR) is 251 cm³/mol. The van der Waals surface area contributed by atoms with Gasteiger partial charge in [-0.1, -0.05) is 46.2 Å². The number of nitrogens with two attached hydrogens (primary N) is 2. The van der Waals surface area contributed by atoms with Gasteiger partial charge in [-0.25, -0.2) is 4.79 Å². The van der Waals surface area contributed by atoms with E-state index in [0.29, 0.717) is 24.2 Å². The van der Waals surface area contributed by atoms with E-state index in [1.54, 1.807) is 38.1 Å². The summed E-state index contributed by atoms with van der Waals surface area (Å²) < 4.78 is 5.25. The summed E-state index contributed by atoms with van der Waals surface area (Å²) in [6.45, 7) is 6.72. The number of carboxylic acids is 1. The Morgan fingerprint density at radius 3 is 2.14 bits per heavy atom. The molecular weight excluding hydrogens is 921 g/mol. The van der Waals surface area contributed by atoms with Gasteiger partial charge in [0, 0.05) is 31.6 Å². The molecule has 1 aromatic rings. The van der Waals surface area contributed by atoms with Crippen molar-refractivity contribution in [1.82, 2.24) is 42.1 Å². The van der Waals surface area contributed by atoms with Crippen LogP contribution < -0.4 is 53.4 Å². The Balaban J connectivity index is 1.98. The molecule has 0 aliphatic carbocycles. The second-order valence-corrected chi connectivity index (χ2v) is 18.7. The lowest BCUT2D eigenvalue weighted by Gasteiger charge is -2.30. The van der Waals surface area contributed by atoms with Crippen LogP contribution in [0.5, 0.6) is 5.75 Å². The van der Waals surface area contributed by atoms with Crippen LogP contribution in [0.25, 0.3) is 0 Å². The Labute approximate surface area is 405 Å². The van der Waals surface area contributed by atoms with Crippen LogP contribution in [0.15, 0.2) is 24.3 Å². The maximum atomic E-state index is 14.3. The molecule has 10 amide bonds. The van der Waals surface area contributed by atoms with Crippen molar-refractivity contribution < 1.29 is 62.6 Å². The van der Waals surface area contributed by atoms with Gasteiger partial charge in [0.15, 0.2) is 0 Å². The number of methoxy groups -OCH3 is 1. The zero-order valence-electron chi connectivity index (χ0n) is 39.8. The van der Waals surface area contributed by atoms with Gasteiger partial charge >= 0.3 is 5.97 Å². The molecule has 1 unspecified atom stereocenters. The minimum atomic E-state index is -1.91. The summed E-state index contributed by atoms with van der Waals surface area (Å²) in [5.41, 5.74) is 11.2. The zero-order valence-corrected chi connectivity index (χ0v) is 40.6. The number of carbonyl (C=O) groups excluding carboxylic acids is 10. The second-order valence-electron chi connectivity index (χ2n) is 17.6. The number of carbonyl (C=O) groups is 11. The number of benzene rings is 1. The fraction of sp³-hybridized carbons (Fsp3) is 0.622. The zero-order chi connectivity index (χ0) is 51.4. The minimum absolute atomic E-state index is 0.00522. The largest absolute Gasteiger partial charge is 0.497 e. The fourth-order valence-electron chi connectivity index (χ4n) is 7.64. The minimum Gasteiger partial charge on any atom is -0.497 e. The van der Waals surface area contributed by atoms with E-state index in [1.807, 2.05) is 13.8 Å². The van der Waals surface area contributed by atoms with Gasteiger partial charge in [0.25, 0.3) is 0 Å². The van der Waals surface area contributed by atoms with Crippen molar-refractivity contribution in [3.8, 4) is 5.75 Å². The lowest BCUT2D eigenvalue weighted by Crippen LogP contribution is -2.60. The van der Waals surface area contributed by atoms with Gasteiger partial charge in [-0.3, -0.25) is 47.9 Å². The van der Waals surface area contributed by atoms with Crippen molar-refractivity contribution in [3.05, 3.63) is 29.8 Å². The molecule has 3 rings (SSSR count).